The summed E-state index contributed by atoms with van der Waals surface area (Å²) < 4.78 is 5.70. The average molecular weight is 470 g/mol. The summed E-state index contributed by atoms with van der Waals surface area (Å²) in [6, 6.07) is 18.5. The van der Waals surface area contributed by atoms with E-state index in [9.17, 15) is 9.59 Å². The summed E-state index contributed by atoms with van der Waals surface area (Å²) in [4.78, 5) is 35.4. The Kier molecular flexibility index (Phi) is 7.70. The molecule has 2 aromatic carbocycles. The molecule has 0 spiro atoms. The van der Waals surface area contributed by atoms with E-state index in [2.05, 4.69) is 29.1 Å². The minimum atomic E-state index is -0.697. The highest BCUT2D eigenvalue weighted by Gasteiger charge is 2.30. The number of aromatic nitrogens is 2. The normalized spacial score (nSPS) is 13.0. The van der Waals surface area contributed by atoms with Crippen LogP contribution in [0.5, 0.6) is 0 Å². The van der Waals surface area contributed by atoms with Gasteiger partial charge >= 0.3 is 0 Å². The summed E-state index contributed by atoms with van der Waals surface area (Å²) in [5, 5.41) is 3.02. The van der Waals surface area contributed by atoms with Gasteiger partial charge in [-0.25, -0.2) is 4.98 Å². The van der Waals surface area contributed by atoms with Gasteiger partial charge in [0.2, 0.25) is 11.7 Å². The van der Waals surface area contributed by atoms with E-state index in [1.54, 1.807) is 18.3 Å². The summed E-state index contributed by atoms with van der Waals surface area (Å²) in [7, 11) is 0. The molecule has 0 bridgehead atoms. The molecule has 6 heteroatoms. The number of hydrogen-bond donors (Lipinski definition) is 1. The lowest BCUT2D eigenvalue weighted by Gasteiger charge is -2.23. The van der Waals surface area contributed by atoms with E-state index in [0.717, 1.165) is 23.1 Å². The van der Waals surface area contributed by atoms with E-state index in [0.29, 0.717) is 29.9 Å². The highest BCUT2D eigenvalue weighted by atomic mass is 16.4. The molecule has 0 aliphatic rings. The molecular formula is C29H31N3O3. The van der Waals surface area contributed by atoms with Crippen LogP contribution < -0.4 is 5.32 Å². The predicted octanol–water partition coefficient (Wildman–Crippen LogP) is 6.19. The molecule has 4 rings (SSSR count). The molecule has 2 heterocycles. The molecule has 2 unspecified atom stereocenters. The Hall–Kier alpha value is -3.80. The van der Waals surface area contributed by atoms with E-state index in [1.165, 1.54) is 0 Å². The van der Waals surface area contributed by atoms with Gasteiger partial charge in [-0.1, -0.05) is 69.7 Å². The zero-order valence-corrected chi connectivity index (χ0v) is 20.4. The van der Waals surface area contributed by atoms with Gasteiger partial charge in [0, 0.05) is 12.4 Å². The lowest BCUT2D eigenvalue weighted by Crippen LogP contribution is -2.43. The second kappa shape index (κ2) is 11.1. The van der Waals surface area contributed by atoms with Crippen molar-refractivity contribution in [3.8, 4) is 11.1 Å². The molecule has 0 aliphatic carbocycles. The van der Waals surface area contributed by atoms with Crippen molar-refractivity contribution in [2.45, 2.75) is 52.0 Å². The van der Waals surface area contributed by atoms with E-state index < -0.39 is 6.04 Å². The van der Waals surface area contributed by atoms with Gasteiger partial charge in [0.05, 0.1) is 12.0 Å². The third-order valence-electron chi connectivity index (χ3n) is 6.02. The standard InChI is InChI=1S/C29H31N3O3/c1-4-9-25(27(33)29-32-24-13-5-6-14-26(24)35-29)31-28(34)23(16-19(2)3)21-11-7-10-20(17-21)22-12-8-15-30-18-22/h5-8,10-15,17-19,23,25H,4,9,16H2,1-3H3,(H,31,34). The number of Topliss-reactive ketones (excluding diaryl/α,β-unsaturated/α-hetero) is 1. The number of hydrogen-bond acceptors (Lipinski definition) is 5. The predicted molar refractivity (Wildman–Crippen MR) is 137 cm³/mol. The molecule has 180 valence electrons. The molecule has 1 N–H and O–H groups in total. The Morgan fingerprint density at radius 3 is 2.51 bits per heavy atom. The first-order chi connectivity index (χ1) is 17.0. The van der Waals surface area contributed by atoms with Crippen LogP contribution in [0, 0.1) is 5.92 Å². The topological polar surface area (TPSA) is 85.1 Å². The van der Waals surface area contributed by atoms with Crippen molar-refractivity contribution in [2.75, 3.05) is 0 Å². The molecule has 35 heavy (non-hydrogen) atoms. The van der Waals surface area contributed by atoms with Gasteiger partial charge in [-0.2, -0.15) is 0 Å². The van der Waals surface area contributed by atoms with Gasteiger partial charge in [0.25, 0.3) is 5.89 Å². The first-order valence-electron chi connectivity index (χ1n) is 12.2. The smallest absolute Gasteiger partial charge is 0.266 e. The van der Waals surface area contributed by atoms with Crippen LogP contribution in [0.15, 0.2) is 77.5 Å². The highest BCUT2D eigenvalue weighted by Crippen LogP contribution is 2.29. The lowest BCUT2D eigenvalue weighted by molar-refractivity contribution is -0.123. The van der Waals surface area contributed by atoms with Crippen molar-refractivity contribution >= 4 is 22.8 Å². The molecular weight excluding hydrogens is 438 g/mol. The molecule has 1 amide bonds. The summed E-state index contributed by atoms with van der Waals surface area (Å²) in [6.07, 6.45) is 5.46. The van der Waals surface area contributed by atoms with Crippen molar-refractivity contribution in [1.29, 1.82) is 0 Å². The molecule has 0 aliphatic heterocycles. The second-order valence-electron chi connectivity index (χ2n) is 9.25. The largest absolute Gasteiger partial charge is 0.434 e. The van der Waals surface area contributed by atoms with Crippen molar-refractivity contribution in [3.63, 3.8) is 0 Å². The second-order valence-corrected chi connectivity index (χ2v) is 9.25. The number of oxazole rings is 1. The Labute approximate surface area is 205 Å². The zero-order valence-electron chi connectivity index (χ0n) is 20.4. The lowest BCUT2D eigenvalue weighted by atomic mass is 9.87. The van der Waals surface area contributed by atoms with Gasteiger partial charge < -0.3 is 9.73 Å². The molecule has 4 aromatic rings. The summed E-state index contributed by atoms with van der Waals surface area (Å²) in [6.45, 7) is 6.18. The van der Waals surface area contributed by atoms with Gasteiger partial charge in [0.1, 0.15) is 5.52 Å². The fraction of sp³-hybridized carbons (Fsp3) is 0.310. The van der Waals surface area contributed by atoms with Crippen LogP contribution in [-0.4, -0.2) is 27.7 Å². The van der Waals surface area contributed by atoms with Crippen LogP contribution in [0.4, 0.5) is 0 Å². The van der Waals surface area contributed by atoms with Gasteiger partial charge in [-0.3, -0.25) is 14.6 Å². The maximum Gasteiger partial charge on any atom is 0.266 e. The molecule has 0 saturated carbocycles. The van der Waals surface area contributed by atoms with Crippen LogP contribution in [-0.2, 0) is 4.79 Å². The molecule has 2 atom stereocenters. The number of pyridine rings is 1. The molecule has 0 fully saturated rings. The maximum atomic E-state index is 13.6. The Balaban J connectivity index is 1.59. The molecule has 0 saturated heterocycles. The third kappa shape index (κ3) is 5.83. The number of nitrogens with zero attached hydrogens (tertiary/aromatic N) is 2. The Morgan fingerprint density at radius 2 is 1.80 bits per heavy atom. The molecule has 6 nitrogen and oxygen atoms in total. The minimum absolute atomic E-state index is 0.0314. The number of carbonyl (C=O) groups excluding carboxylic acids is 2. The number of benzene rings is 2. The summed E-state index contributed by atoms with van der Waals surface area (Å²) >= 11 is 0. The van der Waals surface area contributed by atoms with Crippen LogP contribution in [0.2, 0.25) is 0 Å². The summed E-state index contributed by atoms with van der Waals surface area (Å²) in [5.41, 5.74) is 4.10. The Bertz CT molecular complexity index is 1260. The third-order valence-corrected chi connectivity index (χ3v) is 6.02. The summed E-state index contributed by atoms with van der Waals surface area (Å²) in [5.74, 6) is -0.523. The number of nitrogens with one attached hydrogen (secondary N) is 1. The SMILES string of the molecule is CCCC(NC(=O)C(CC(C)C)c1cccc(-c2cccnc2)c1)C(=O)c1nc2ccccc2o1. The van der Waals surface area contributed by atoms with Gasteiger partial charge in [-0.15, -0.1) is 0 Å². The monoisotopic (exact) mass is 469 g/mol. The van der Waals surface area contributed by atoms with E-state index in [-0.39, 0.29) is 23.5 Å². The van der Waals surface area contributed by atoms with Crippen molar-refractivity contribution in [1.82, 2.24) is 15.3 Å². The van der Waals surface area contributed by atoms with Crippen molar-refractivity contribution in [2.24, 2.45) is 5.92 Å². The maximum absolute atomic E-state index is 13.6. The quantitative estimate of drug-likeness (QED) is 0.280. The number of carbonyl (C=O) groups is 2. The number of fused-ring (bicyclic) bond motifs is 1. The van der Waals surface area contributed by atoms with Crippen molar-refractivity contribution in [3.05, 3.63) is 84.5 Å². The zero-order chi connectivity index (χ0) is 24.8. The first kappa shape index (κ1) is 24.3. The molecule has 0 radical (unpaired) electrons. The van der Waals surface area contributed by atoms with Crippen LogP contribution in [0.1, 0.15) is 62.2 Å². The Morgan fingerprint density at radius 1 is 1.00 bits per heavy atom. The average Bonchev–Trinajstić information content (AvgIpc) is 3.31. The van der Waals surface area contributed by atoms with Crippen molar-refractivity contribution < 1.29 is 14.0 Å². The van der Waals surface area contributed by atoms with E-state index in [4.69, 9.17) is 4.42 Å². The first-order valence-corrected chi connectivity index (χ1v) is 12.2. The molecule has 2 aromatic heterocycles. The fourth-order valence-corrected chi connectivity index (χ4v) is 4.29. The van der Waals surface area contributed by atoms with Crippen LogP contribution >= 0.6 is 0 Å². The number of ketones is 1. The fourth-order valence-electron chi connectivity index (χ4n) is 4.29. The highest BCUT2D eigenvalue weighted by molar-refractivity contribution is 6.00. The minimum Gasteiger partial charge on any atom is -0.434 e. The number of amides is 1. The van der Waals surface area contributed by atoms with Gasteiger partial charge in [-0.05, 0) is 53.6 Å². The number of para-hydroxylation sites is 2. The number of rotatable bonds is 10. The van der Waals surface area contributed by atoms with Crippen LogP contribution in [0.25, 0.3) is 22.2 Å². The van der Waals surface area contributed by atoms with E-state index in [1.807, 2.05) is 61.7 Å². The van der Waals surface area contributed by atoms with E-state index >= 15 is 0 Å². The van der Waals surface area contributed by atoms with Crippen LogP contribution in [0.3, 0.4) is 0 Å². The van der Waals surface area contributed by atoms with Gasteiger partial charge in [0.15, 0.2) is 5.58 Å².